The first kappa shape index (κ1) is 13.5. The molecule has 0 spiro atoms. The van der Waals surface area contributed by atoms with Gasteiger partial charge in [-0.15, -0.1) is 0 Å². The monoisotopic (exact) mass is 238 g/mol. The zero-order valence-corrected chi connectivity index (χ0v) is 10.1. The van der Waals surface area contributed by atoms with Gasteiger partial charge in [0.05, 0.1) is 12.7 Å². The fourth-order valence-electron chi connectivity index (χ4n) is 1.40. The summed E-state index contributed by atoms with van der Waals surface area (Å²) >= 11 is 0. The Morgan fingerprint density at radius 1 is 1.47 bits per heavy atom. The molecular weight excluding hydrogens is 220 g/mol. The number of nitrogens with one attached hydrogen (secondary N) is 2. The van der Waals surface area contributed by atoms with E-state index in [0.717, 1.165) is 11.4 Å². The summed E-state index contributed by atoms with van der Waals surface area (Å²) in [5, 5.41) is 15.2. The minimum absolute atomic E-state index is 0.110. The highest BCUT2D eigenvalue weighted by molar-refractivity contribution is 5.89. The van der Waals surface area contributed by atoms with E-state index in [1.165, 1.54) is 6.92 Å². The van der Waals surface area contributed by atoms with Gasteiger partial charge in [0.2, 0.25) is 5.91 Å². The van der Waals surface area contributed by atoms with E-state index in [1.54, 1.807) is 19.2 Å². The Balaban J connectivity index is 2.50. The molecule has 1 unspecified atom stereocenters. The van der Waals surface area contributed by atoms with Crippen LogP contribution in [-0.2, 0) is 9.53 Å². The molecule has 1 aromatic rings. The van der Waals surface area contributed by atoms with E-state index in [4.69, 9.17) is 4.74 Å². The number of carbonyl (C=O) groups excluding carboxylic acids is 1. The maximum absolute atomic E-state index is 10.9. The molecule has 0 bridgehead atoms. The predicted molar refractivity (Wildman–Crippen MR) is 67.1 cm³/mol. The molecule has 0 heterocycles. The first-order valence-corrected chi connectivity index (χ1v) is 5.40. The number of hydrogen-bond acceptors (Lipinski definition) is 4. The van der Waals surface area contributed by atoms with Crippen LogP contribution in [0.3, 0.4) is 0 Å². The third-order valence-electron chi connectivity index (χ3n) is 2.08. The van der Waals surface area contributed by atoms with Crippen LogP contribution in [0.2, 0.25) is 0 Å². The molecule has 1 amide bonds. The average Bonchev–Trinajstić information content (AvgIpc) is 2.26. The van der Waals surface area contributed by atoms with Crippen LogP contribution in [0.5, 0.6) is 0 Å². The standard InChI is InChI=1S/C12H18N2O3/c1-9(15)14-11-5-3-4-10(6-11)13-7-12(16)8-17-2/h3-6,12-13,16H,7-8H2,1-2H3,(H,14,15). The van der Waals surface area contributed by atoms with Crippen LogP contribution in [-0.4, -0.2) is 37.4 Å². The Morgan fingerprint density at radius 2 is 2.18 bits per heavy atom. The Bertz CT molecular complexity index is 369. The van der Waals surface area contributed by atoms with Gasteiger partial charge in [0, 0.05) is 32.0 Å². The number of anilines is 2. The van der Waals surface area contributed by atoms with Crippen molar-refractivity contribution >= 4 is 17.3 Å². The van der Waals surface area contributed by atoms with E-state index in [0.29, 0.717) is 13.2 Å². The number of benzene rings is 1. The van der Waals surface area contributed by atoms with Crippen LogP contribution in [0.15, 0.2) is 24.3 Å². The molecule has 0 aromatic heterocycles. The van der Waals surface area contributed by atoms with Gasteiger partial charge in [0.25, 0.3) is 0 Å². The molecule has 1 atom stereocenters. The Hall–Kier alpha value is -1.59. The molecule has 0 aliphatic carbocycles. The van der Waals surface area contributed by atoms with Gasteiger partial charge >= 0.3 is 0 Å². The second kappa shape index (κ2) is 6.88. The number of methoxy groups -OCH3 is 1. The van der Waals surface area contributed by atoms with Gasteiger partial charge in [0.1, 0.15) is 0 Å². The first-order valence-electron chi connectivity index (χ1n) is 5.40. The van der Waals surface area contributed by atoms with Crippen LogP contribution in [0, 0.1) is 0 Å². The Morgan fingerprint density at radius 3 is 2.82 bits per heavy atom. The molecule has 3 N–H and O–H groups in total. The molecule has 0 saturated heterocycles. The normalized spacial score (nSPS) is 11.9. The Labute approximate surface area is 101 Å². The molecule has 1 rings (SSSR count). The topological polar surface area (TPSA) is 70.6 Å². The fourth-order valence-corrected chi connectivity index (χ4v) is 1.40. The maximum atomic E-state index is 10.9. The average molecular weight is 238 g/mol. The number of hydrogen-bond donors (Lipinski definition) is 3. The first-order chi connectivity index (χ1) is 8.11. The van der Waals surface area contributed by atoms with Crippen LogP contribution < -0.4 is 10.6 Å². The largest absolute Gasteiger partial charge is 0.389 e. The van der Waals surface area contributed by atoms with Crippen molar-refractivity contribution in [2.75, 3.05) is 30.9 Å². The number of carbonyl (C=O) groups is 1. The van der Waals surface area contributed by atoms with Gasteiger partial charge in [0.15, 0.2) is 0 Å². The van der Waals surface area contributed by atoms with Crippen LogP contribution >= 0.6 is 0 Å². The van der Waals surface area contributed by atoms with Gasteiger partial charge in [-0.25, -0.2) is 0 Å². The third kappa shape index (κ3) is 5.33. The smallest absolute Gasteiger partial charge is 0.221 e. The lowest BCUT2D eigenvalue weighted by atomic mass is 10.2. The second-order valence-corrected chi connectivity index (χ2v) is 3.75. The fraction of sp³-hybridized carbons (Fsp3) is 0.417. The predicted octanol–water partition coefficient (Wildman–Crippen LogP) is 1.06. The molecule has 5 heteroatoms. The van der Waals surface area contributed by atoms with Gasteiger partial charge in [-0.05, 0) is 18.2 Å². The number of aliphatic hydroxyl groups is 1. The summed E-state index contributed by atoms with van der Waals surface area (Å²) in [7, 11) is 1.54. The van der Waals surface area contributed by atoms with Crippen molar-refractivity contribution < 1.29 is 14.6 Å². The molecule has 1 aromatic carbocycles. The quantitative estimate of drug-likeness (QED) is 0.693. The van der Waals surface area contributed by atoms with E-state index in [-0.39, 0.29) is 5.91 Å². The zero-order chi connectivity index (χ0) is 12.7. The van der Waals surface area contributed by atoms with E-state index in [1.807, 2.05) is 12.1 Å². The molecule has 0 aliphatic rings. The SMILES string of the molecule is COCC(O)CNc1cccc(NC(C)=O)c1. The van der Waals surface area contributed by atoms with Gasteiger partial charge in [-0.1, -0.05) is 6.07 Å². The molecule has 0 saturated carbocycles. The van der Waals surface area contributed by atoms with Crippen molar-refractivity contribution in [3.05, 3.63) is 24.3 Å². The summed E-state index contributed by atoms with van der Waals surface area (Å²) in [6.07, 6.45) is -0.551. The molecule has 5 nitrogen and oxygen atoms in total. The van der Waals surface area contributed by atoms with Gasteiger partial charge in [-0.2, -0.15) is 0 Å². The highest BCUT2D eigenvalue weighted by Gasteiger charge is 2.03. The van der Waals surface area contributed by atoms with Crippen molar-refractivity contribution in [3.63, 3.8) is 0 Å². The summed E-state index contributed by atoms with van der Waals surface area (Å²) in [4.78, 5) is 10.9. The number of rotatable bonds is 6. The highest BCUT2D eigenvalue weighted by Crippen LogP contribution is 2.14. The summed E-state index contributed by atoms with van der Waals surface area (Å²) in [6.45, 7) is 2.15. The van der Waals surface area contributed by atoms with Crippen LogP contribution in [0.25, 0.3) is 0 Å². The zero-order valence-electron chi connectivity index (χ0n) is 10.1. The van der Waals surface area contributed by atoms with Crippen molar-refractivity contribution in [2.24, 2.45) is 0 Å². The summed E-state index contributed by atoms with van der Waals surface area (Å²) in [5.41, 5.74) is 1.56. The number of ether oxygens (including phenoxy) is 1. The highest BCUT2D eigenvalue weighted by atomic mass is 16.5. The second-order valence-electron chi connectivity index (χ2n) is 3.75. The lowest BCUT2D eigenvalue weighted by Gasteiger charge is -2.12. The summed E-state index contributed by atoms with van der Waals surface area (Å²) in [6, 6.07) is 7.31. The molecule has 17 heavy (non-hydrogen) atoms. The maximum Gasteiger partial charge on any atom is 0.221 e. The lowest BCUT2D eigenvalue weighted by molar-refractivity contribution is -0.114. The summed E-state index contributed by atoms with van der Waals surface area (Å²) < 4.78 is 4.82. The van der Waals surface area contributed by atoms with Crippen molar-refractivity contribution in [3.8, 4) is 0 Å². The Kier molecular flexibility index (Phi) is 5.45. The minimum Gasteiger partial charge on any atom is -0.389 e. The summed E-state index contributed by atoms with van der Waals surface area (Å²) in [5.74, 6) is -0.110. The number of amides is 1. The van der Waals surface area contributed by atoms with Crippen LogP contribution in [0.4, 0.5) is 11.4 Å². The van der Waals surface area contributed by atoms with Crippen LogP contribution in [0.1, 0.15) is 6.92 Å². The van der Waals surface area contributed by atoms with Crippen molar-refractivity contribution in [2.45, 2.75) is 13.0 Å². The van der Waals surface area contributed by atoms with Gasteiger partial charge < -0.3 is 20.5 Å². The van der Waals surface area contributed by atoms with Crippen molar-refractivity contribution in [1.82, 2.24) is 0 Å². The minimum atomic E-state index is -0.551. The van der Waals surface area contributed by atoms with Gasteiger partial charge in [-0.3, -0.25) is 4.79 Å². The van der Waals surface area contributed by atoms with E-state index in [9.17, 15) is 9.90 Å². The molecule has 0 fully saturated rings. The lowest BCUT2D eigenvalue weighted by Crippen LogP contribution is -2.24. The van der Waals surface area contributed by atoms with Crippen molar-refractivity contribution in [1.29, 1.82) is 0 Å². The molecule has 0 radical (unpaired) electrons. The third-order valence-corrected chi connectivity index (χ3v) is 2.08. The molecular formula is C12H18N2O3. The van der Waals surface area contributed by atoms with E-state index >= 15 is 0 Å². The molecule has 0 aliphatic heterocycles. The number of aliphatic hydroxyl groups excluding tert-OH is 1. The molecule has 94 valence electrons. The van der Waals surface area contributed by atoms with E-state index in [2.05, 4.69) is 10.6 Å². The van der Waals surface area contributed by atoms with E-state index < -0.39 is 6.10 Å².